The number of aromatic nitrogens is 4. The predicted molar refractivity (Wildman–Crippen MR) is 97.1 cm³/mol. The summed E-state index contributed by atoms with van der Waals surface area (Å²) in [6.07, 6.45) is 0. The summed E-state index contributed by atoms with van der Waals surface area (Å²) in [5.74, 6) is 1.69. The molecule has 3 aromatic rings. The normalized spacial score (nSPS) is 17.1. The number of carboxylic acids is 1. The van der Waals surface area contributed by atoms with Crippen LogP contribution in [0.1, 0.15) is 23.2 Å². The van der Waals surface area contributed by atoms with Crippen molar-refractivity contribution >= 4 is 17.6 Å². The molecule has 0 fully saturated rings. The molecule has 0 spiro atoms. The van der Waals surface area contributed by atoms with Crippen molar-refractivity contribution in [1.82, 2.24) is 24.6 Å². The SMILES string of the molecule is Cc1nc(CN2Cc3nnc(C)n3CC2C(=O)O)oc1-c1ccc(Cl)cc1. The van der Waals surface area contributed by atoms with E-state index in [0.29, 0.717) is 35.6 Å². The average Bonchev–Trinajstić information content (AvgIpc) is 3.17. The van der Waals surface area contributed by atoms with Crippen molar-refractivity contribution in [3.05, 3.63) is 52.5 Å². The quantitative estimate of drug-likeness (QED) is 0.734. The zero-order valence-electron chi connectivity index (χ0n) is 14.9. The fourth-order valence-electron chi connectivity index (χ4n) is 3.32. The largest absolute Gasteiger partial charge is 0.480 e. The van der Waals surface area contributed by atoms with Gasteiger partial charge in [0, 0.05) is 10.6 Å². The topological polar surface area (TPSA) is 97.3 Å². The van der Waals surface area contributed by atoms with E-state index >= 15 is 0 Å². The maximum atomic E-state index is 11.8. The molecule has 0 saturated heterocycles. The lowest BCUT2D eigenvalue weighted by atomic mass is 10.1. The molecule has 1 atom stereocenters. The van der Waals surface area contributed by atoms with Gasteiger partial charge in [-0.15, -0.1) is 10.2 Å². The first-order valence-electron chi connectivity index (χ1n) is 8.50. The number of hydrogen-bond acceptors (Lipinski definition) is 6. The number of nitrogens with zero attached hydrogens (tertiary/aromatic N) is 5. The number of carbonyl (C=O) groups is 1. The minimum Gasteiger partial charge on any atom is -0.480 e. The molecule has 3 heterocycles. The Labute approximate surface area is 160 Å². The van der Waals surface area contributed by atoms with Crippen LogP contribution in [0.4, 0.5) is 0 Å². The lowest BCUT2D eigenvalue weighted by Crippen LogP contribution is -2.47. The van der Waals surface area contributed by atoms with Crippen LogP contribution in [-0.2, 0) is 24.4 Å². The van der Waals surface area contributed by atoms with Gasteiger partial charge in [0.15, 0.2) is 5.76 Å². The molecule has 1 unspecified atom stereocenters. The van der Waals surface area contributed by atoms with Gasteiger partial charge in [0.2, 0.25) is 5.89 Å². The Morgan fingerprint density at radius 1 is 1.30 bits per heavy atom. The second-order valence-corrected chi connectivity index (χ2v) is 7.00. The monoisotopic (exact) mass is 387 g/mol. The highest BCUT2D eigenvalue weighted by atomic mass is 35.5. The smallest absolute Gasteiger partial charge is 0.322 e. The Morgan fingerprint density at radius 3 is 2.74 bits per heavy atom. The van der Waals surface area contributed by atoms with Gasteiger partial charge >= 0.3 is 5.97 Å². The average molecular weight is 388 g/mol. The molecule has 0 aliphatic carbocycles. The second-order valence-electron chi connectivity index (χ2n) is 6.56. The van der Waals surface area contributed by atoms with Gasteiger partial charge in [-0.1, -0.05) is 11.6 Å². The van der Waals surface area contributed by atoms with E-state index in [9.17, 15) is 9.90 Å². The van der Waals surface area contributed by atoms with Crippen LogP contribution in [0.15, 0.2) is 28.7 Å². The van der Waals surface area contributed by atoms with Gasteiger partial charge in [-0.05, 0) is 38.1 Å². The molecule has 8 nitrogen and oxygen atoms in total. The van der Waals surface area contributed by atoms with Crippen molar-refractivity contribution in [2.75, 3.05) is 0 Å². The van der Waals surface area contributed by atoms with Crippen molar-refractivity contribution in [3.8, 4) is 11.3 Å². The summed E-state index contributed by atoms with van der Waals surface area (Å²) in [6.45, 7) is 4.63. The first kappa shape index (κ1) is 17.7. The molecule has 2 aromatic heterocycles. The van der Waals surface area contributed by atoms with E-state index in [2.05, 4.69) is 15.2 Å². The number of halogens is 1. The number of carboxylic acid groups (broad SMARTS) is 1. The minimum atomic E-state index is -0.894. The summed E-state index contributed by atoms with van der Waals surface area (Å²) in [5.41, 5.74) is 1.62. The van der Waals surface area contributed by atoms with E-state index in [1.54, 1.807) is 17.0 Å². The van der Waals surface area contributed by atoms with Crippen LogP contribution < -0.4 is 0 Å². The van der Waals surface area contributed by atoms with E-state index in [1.165, 1.54) is 0 Å². The van der Waals surface area contributed by atoms with E-state index < -0.39 is 12.0 Å². The molecule has 0 amide bonds. The summed E-state index contributed by atoms with van der Waals surface area (Å²) in [6, 6.07) is 6.62. The summed E-state index contributed by atoms with van der Waals surface area (Å²) >= 11 is 5.94. The third kappa shape index (κ3) is 3.33. The van der Waals surface area contributed by atoms with Crippen molar-refractivity contribution in [1.29, 1.82) is 0 Å². The Hall–Kier alpha value is -2.71. The van der Waals surface area contributed by atoms with Gasteiger partial charge in [-0.3, -0.25) is 9.69 Å². The molecule has 27 heavy (non-hydrogen) atoms. The fourth-order valence-corrected chi connectivity index (χ4v) is 3.45. The molecule has 1 aliphatic heterocycles. The van der Waals surface area contributed by atoms with Crippen LogP contribution in [0.25, 0.3) is 11.3 Å². The first-order valence-corrected chi connectivity index (χ1v) is 8.88. The molecular formula is C18H18ClN5O3. The zero-order chi connectivity index (χ0) is 19.1. The lowest BCUT2D eigenvalue weighted by molar-refractivity contribution is -0.145. The van der Waals surface area contributed by atoms with Gasteiger partial charge in [0.1, 0.15) is 17.7 Å². The second kappa shape index (κ2) is 6.79. The number of aliphatic carboxylic acids is 1. The van der Waals surface area contributed by atoms with E-state index in [4.69, 9.17) is 16.0 Å². The Bertz CT molecular complexity index is 995. The van der Waals surface area contributed by atoms with Crippen molar-refractivity contribution in [3.63, 3.8) is 0 Å². The van der Waals surface area contributed by atoms with Crippen LogP contribution in [0.3, 0.4) is 0 Å². The summed E-state index contributed by atoms with van der Waals surface area (Å²) < 4.78 is 7.78. The summed E-state index contributed by atoms with van der Waals surface area (Å²) in [7, 11) is 0. The van der Waals surface area contributed by atoms with Gasteiger partial charge in [-0.25, -0.2) is 4.98 Å². The minimum absolute atomic E-state index is 0.275. The fraction of sp³-hybridized carbons (Fsp3) is 0.333. The van der Waals surface area contributed by atoms with Gasteiger partial charge in [0.25, 0.3) is 0 Å². The molecule has 0 radical (unpaired) electrons. The molecule has 1 aromatic carbocycles. The number of oxazole rings is 1. The highest BCUT2D eigenvalue weighted by molar-refractivity contribution is 6.30. The van der Waals surface area contributed by atoms with E-state index in [0.717, 1.165) is 17.1 Å². The third-order valence-electron chi connectivity index (χ3n) is 4.72. The predicted octanol–water partition coefficient (Wildman–Crippen LogP) is 2.67. The number of fused-ring (bicyclic) bond motifs is 1. The number of hydrogen-bond donors (Lipinski definition) is 1. The summed E-state index contributed by atoms with van der Waals surface area (Å²) in [4.78, 5) is 18.0. The van der Waals surface area contributed by atoms with Crippen LogP contribution >= 0.6 is 11.6 Å². The molecule has 4 rings (SSSR count). The van der Waals surface area contributed by atoms with Crippen LogP contribution in [0, 0.1) is 13.8 Å². The number of benzene rings is 1. The molecule has 0 saturated carbocycles. The van der Waals surface area contributed by atoms with Crippen LogP contribution in [0.5, 0.6) is 0 Å². The van der Waals surface area contributed by atoms with E-state index in [1.807, 2.05) is 30.5 Å². The van der Waals surface area contributed by atoms with Crippen molar-refractivity contribution in [2.45, 2.75) is 39.5 Å². The van der Waals surface area contributed by atoms with Gasteiger partial charge in [0.05, 0.1) is 25.3 Å². The summed E-state index contributed by atoms with van der Waals surface area (Å²) in [5, 5.41) is 18.5. The van der Waals surface area contributed by atoms with Gasteiger partial charge < -0.3 is 14.1 Å². The van der Waals surface area contributed by atoms with Crippen molar-refractivity contribution < 1.29 is 14.3 Å². The third-order valence-corrected chi connectivity index (χ3v) is 4.98. The molecule has 140 valence electrons. The highest BCUT2D eigenvalue weighted by Gasteiger charge is 2.34. The molecular weight excluding hydrogens is 370 g/mol. The van der Waals surface area contributed by atoms with E-state index in [-0.39, 0.29) is 6.54 Å². The Balaban J connectivity index is 1.60. The highest BCUT2D eigenvalue weighted by Crippen LogP contribution is 2.27. The zero-order valence-corrected chi connectivity index (χ0v) is 15.6. The van der Waals surface area contributed by atoms with Gasteiger partial charge in [-0.2, -0.15) is 0 Å². The lowest BCUT2D eigenvalue weighted by Gasteiger charge is -2.32. The van der Waals surface area contributed by atoms with Crippen LogP contribution in [-0.4, -0.2) is 41.8 Å². The maximum Gasteiger partial charge on any atom is 0.322 e. The molecule has 9 heteroatoms. The number of rotatable bonds is 4. The van der Waals surface area contributed by atoms with Crippen molar-refractivity contribution in [2.24, 2.45) is 0 Å². The Morgan fingerprint density at radius 2 is 2.04 bits per heavy atom. The Kier molecular flexibility index (Phi) is 4.45. The molecule has 0 bridgehead atoms. The molecule has 1 aliphatic rings. The standard InChI is InChI=1S/C18H18ClN5O3/c1-10-17(12-3-5-13(19)6-4-12)27-16(20-10)9-23-8-15-22-21-11(2)24(15)7-14(23)18(25)26/h3-6,14H,7-9H2,1-2H3,(H,25,26). The first-order chi connectivity index (χ1) is 12.9. The van der Waals surface area contributed by atoms with Crippen LogP contribution in [0.2, 0.25) is 5.02 Å². The number of aryl methyl sites for hydroxylation is 2. The maximum absolute atomic E-state index is 11.8. The molecule has 1 N–H and O–H groups in total.